The first-order chi connectivity index (χ1) is 9.15. The van der Waals surface area contributed by atoms with Crippen molar-refractivity contribution in [3.63, 3.8) is 0 Å². The van der Waals surface area contributed by atoms with E-state index in [0.29, 0.717) is 28.7 Å². The van der Waals surface area contributed by atoms with E-state index >= 15 is 0 Å². The van der Waals surface area contributed by atoms with Crippen LogP contribution in [0.4, 0.5) is 0 Å². The highest BCUT2D eigenvalue weighted by Crippen LogP contribution is 2.34. The molecule has 0 atom stereocenters. The molecule has 1 N–H and O–H groups in total. The lowest BCUT2D eigenvalue weighted by atomic mass is 10.1. The van der Waals surface area contributed by atoms with Crippen LogP contribution in [0, 0.1) is 0 Å². The van der Waals surface area contributed by atoms with Crippen molar-refractivity contribution in [1.29, 1.82) is 0 Å². The average Bonchev–Trinajstić information content (AvgIpc) is 2.83. The fourth-order valence-electron chi connectivity index (χ4n) is 1.95. The van der Waals surface area contributed by atoms with Gasteiger partial charge in [-0.15, -0.1) is 0 Å². The van der Waals surface area contributed by atoms with Gasteiger partial charge in [-0.05, 0) is 0 Å². The zero-order chi connectivity index (χ0) is 14.0. The van der Waals surface area contributed by atoms with Crippen molar-refractivity contribution >= 4 is 23.2 Å². The summed E-state index contributed by atoms with van der Waals surface area (Å²) in [5, 5.41) is 0.527. The Morgan fingerprint density at radius 1 is 1.21 bits per heavy atom. The molecule has 100 valence electrons. The van der Waals surface area contributed by atoms with Crippen molar-refractivity contribution in [2.24, 2.45) is 0 Å². The van der Waals surface area contributed by atoms with E-state index in [-0.39, 0.29) is 11.3 Å². The Labute approximate surface area is 109 Å². The van der Waals surface area contributed by atoms with Crippen LogP contribution in [0.25, 0.3) is 10.9 Å². The first-order valence-electron chi connectivity index (χ1n) is 5.47. The van der Waals surface area contributed by atoms with E-state index in [1.54, 1.807) is 12.1 Å². The highest BCUT2D eigenvalue weighted by atomic mass is 16.5. The Kier molecular flexibility index (Phi) is 3.41. The summed E-state index contributed by atoms with van der Waals surface area (Å²) < 4.78 is 15.0. The molecule has 6 nitrogen and oxygen atoms in total. The number of aromatic nitrogens is 1. The number of fused-ring (bicyclic) bond motifs is 1. The molecule has 1 aromatic carbocycles. The van der Waals surface area contributed by atoms with Crippen LogP contribution < -0.4 is 9.47 Å². The number of esters is 1. The normalized spacial score (nSPS) is 10.3. The molecule has 0 fully saturated rings. The molecule has 1 aromatic heterocycles. The molecule has 1 heterocycles. The monoisotopic (exact) mass is 263 g/mol. The van der Waals surface area contributed by atoms with E-state index in [1.165, 1.54) is 21.3 Å². The molecule has 0 aliphatic heterocycles. The van der Waals surface area contributed by atoms with Gasteiger partial charge in [-0.1, -0.05) is 0 Å². The van der Waals surface area contributed by atoms with Crippen LogP contribution in [0.3, 0.4) is 0 Å². The lowest BCUT2D eigenvalue weighted by Crippen LogP contribution is -2.04. The van der Waals surface area contributed by atoms with Crippen LogP contribution in [0.2, 0.25) is 0 Å². The fourth-order valence-corrected chi connectivity index (χ4v) is 1.95. The van der Waals surface area contributed by atoms with Gasteiger partial charge in [-0.25, -0.2) is 4.79 Å². The van der Waals surface area contributed by atoms with Crippen molar-refractivity contribution in [3.05, 3.63) is 23.4 Å². The van der Waals surface area contributed by atoms with Gasteiger partial charge in [0, 0.05) is 12.1 Å². The molecule has 2 rings (SSSR count). The third-order valence-electron chi connectivity index (χ3n) is 2.84. The van der Waals surface area contributed by atoms with E-state index in [2.05, 4.69) is 9.72 Å². The maximum atomic E-state index is 11.6. The maximum absolute atomic E-state index is 11.6. The standard InChI is InChI=1S/C13H13NO5/c1-17-7-4-9-11(10(5-7)18-2)8(6-15)12(14-9)13(16)19-3/h4-6,14H,1-3H3. The third kappa shape index (κ3) is 2.01. The number of aromatic amines is 1. The summed E-state index contributed by atoms with van der Waals surface area (Å²) in [6.45, 7) is 0. The minimum Gasteiger partial charge on any atom is -0.497 e. The van der Waals surface area contributed by atoms with E-state index in [9.17, 15) is 9.59 Å². The van der Waals surface area contributed by atoms with Crippen molar-refractivity contribution in [2.45, 2.75) is 0 Å². The summed E-state index contributed by atoms with van der Waals surface area (Å²) >= 11 is 0. The van der Waals surface area contributed by atoms with Crippen molar-refractivity contribution in [1.82, 2.24) is 4.98 Å². The number of methoxy groups -OCH3 is 3. The van der Waals surface area contributed by atoms with Crippen LogP contribution in [0.1, 0.15) is 20.8 Å². The molecule has 0 saturated carbocycles. The number of nitrogens with one attached hydrogen (secondary N) is 1. The smallest absolute Gasteiger partial charge is 0.355 e. The van der Waals surface area contributed by atoms with E-state index in [0.717, 1.165) is 0 Å². The molecule has 6 heteroatoms. The predicted molar refractivity (Wildman–Crippen MR) is 68.1 cm³/mol. The van der Waals surface area contributed by atoms with Gasteiger partial charge in [0.1, 0.15) is 17.2 Å². The second kappa shape index (κ2) is 5.01. The topological polar surface area (TPSA) is 77.6 Å². The number of benzene rings is 1. The van der Waals surface area contributed by atoms with Crippen molar-refractivity contribution in [3.8, 4) is 11.5 Å². The van der Waals surface area contributed by atoms with Crippen molar-refractivity contribution in [2.75, 3.05) is 21.3 Å². The summed E-state index contributed by atoms with van der Waals surface area (Å²) in [5.74, 6) is 0.390. The molecule has 0 amide bonds. The van der Waals surface area contributed by atoms with Crippen LogP contribution in [-0.4, -0.2) is 38.6 Å². The van der Waals surface area contributed by atoms with Gasteiger partial charge in [-0.2, -0.15) is 0 Å². The van der Waals surface area contributed by atoms with Crippen LogP contribution in [0.15, 0.2) is 12.1 Å². The van der Waals surface area contributed by atoms with Gasteiger partial charge in [0.25, 0.3) is 0 Å². The highest BCUT2D eigenvalue weighted by molar-refractivity contribution is 6.10. The molecular formula is C13H13NO5. The van der Waals surface area contributed by atoms with E-state index in [1.807, 2.05) is 0 Å². The van der Waals surface area contributed by atoms with Crippen LogP contribution in [0.5, 0.6) is 11.5 Å². The molecular weight excluding hydrogens is 250 g/mol. The van der Waals surface area contributed by atoms with Gasteiger partial charge in [0.15, 0.2) is 6.29 Å². The number of aldehydes is 1. The Balaban J connectivity index is 2.82. The number of hydrogen-bond acceptors (Lipinski definition) is 5. The zero-order valence-corrected chi connectivity index (χ0v) is 10.8. The molecule has 0 radical (unpaired) electrons. The van der Waals surface area contributed by atoms with Gasteiger partial charge in [0.2, 0.25) is 0 Å². The first-order valence-corrected chi connectivity index (χ1v) is 5.47. The highest BCUT2D eigenvalue weighted by Gasteiger charge is 2.21. The summed E-state index contributed by atoms with van der Waals surface area (Å²) in [5.41, 5.74) is 0.874. The lowest BCUT2D eigenvalue weighted by Gasteiger charge is -2.05. The van der Waals surface area contributed by atoms with E-state index < -0.39 is 5.97 Å². The van der Waals surface area contributed by atoms with Gasteiger partial charge in [0.05, 0.1) is 37.8 Å². The minimum atomic E-state index is -0.612. The number of ether oxygens (including phenoxy) is 3. The minimum absolute atomic E-state index is 0.0963. The Morgan fingerprint density at radius 2 is 1.95 bits per heavy atom. The fraction of sp³-hybridized carbons (Fsp3) is 0.231. The zero-order valence-electron chi connectivity index (χ0n) is 10.8. The molecule has 0 saturated heterocycles. The Bertz CT molecular complexity index is 644. The average molecular weight is 263 g/mol. The Hall–Kier alpha value is -2.50. The van der Waals surface area contributed by atoms with Gasteiger partial charge in [-0.3, -0.25) is 4.79 Å². The summed E-state index contributed by atoms with van der Waals surface area (Å²) in [6.07, 6.45) is 0.597. The number of hydrogen-bond donors (Lipinski definition) is 1. The molecule has 2 aromatic rings. The molecule has 0 aliphatic rings. The number of carbonyl (C=O) groups is 2. The van der Waals surface area contributed by atoms with Gasteiger partial charge < -0.3 is 19.2 Å². The first kappa shape index (κ1) is 12.9. The summed E-state index contributed by atoms with van der Waals surface area (Å²) in [6, 6.07) is 3.32. The molecule has 0 bridgehead atoms. The van der Waals surface area contributed by atoms with Crippen LogP contribution in [-0.2, 0) is 4.74 Å². The predicted octanol–water partition coefficient (Wildman–Crippen LogP) is 1.78. The Morgan fingerprint density at radius 3 is 2.47 bits per heavy atom. The second-order valence-electron chi connectivity index (χ2n) is 3.78. The van der Waals surface area contributed by atoms with Gasteiger partial charge >= 0.3 is 5.97 Å². The largest absolute Gasteiger partial charge is 0.497 e. The third-order valence-corrected chi connectivity index (χ3v) is 2.84. The summed E-state index contributed by atoms with van der Waals surface area (Å²) in [4.78, 5) is 25.7. The second-order valence-corrected chi connectivity index (χ2v) is 3.78. The van der Waals surface area contributed by atoms with Crippen molar-refractivity contribution < 1.29 is 23.8 Å². The molecule has 0 spiro atoms. The lowest BCUT2D eigenvalue weighted by molar-refractivity contribution is 0.0593. The number of carbonyl (C=O) groups excluding carboxylic acids is 2. The maximum Gasteiger partial charge on any atom is 0.355 e. The summed E-state index contributed by atoms with van der Waals surface area (Å²) in [7, 11) is 4.25. The SMILES string of the molecule is COC(=O)c1[nH]c2cc(OC)cc(OC)c2c1C=O. The molecule has 0 unspecified atom stereocenters. The van der Waals surface area contributed by atoms with Crippen LogP contribution >= 0.6 is 0 Å². The molecule has 19 heavy (non-hydrogen) atoms. The number of H-pyrrole nitrogens is 1. The quantitative estimate of drug-likeness (QED) is 0.672. The number of rotatable bonds is 4. The van der Waals surface area contributed by atoms with E-state index in [4.69, 9.17) is 9.47 Å². The molecule has 0 aliphatic carbocycles.